The lowest BCUT2D eigenvalue weighted by Gasteiger charge is -2.20. The molecule has 1 N–H and O–H groups in total. The highest BCUT2D eigenvalue weighted by Crippen LogP contribution is 1.99. The van der Waals surface area contributed by atoms with Crippen LogP contribution in [0.3, 0.4) is 0 Å². The standard InChI is InChI=1S/C6H13N3O2S/c1-6(2)9(3)12(10,11)8-5-4-7/h6,8H,5H2,1-3H3. The van der Waals surface area contributed by atoms with Gasteiger partial charge in [0.05, 0.1) is 12.6 Å². The molecule has 0 aliphatic heterocycles. The molecule has 0 unspecified atom stereocenters. The Kier molecular flexibility index (Phi) is 4.17. The Bertz CT molecular complexity index is 265. The van der Waals surface area contributed by atoms with Gasteiger partial charge in [0.15, 0.2) is 0 Å². The maximum atomic E-state index is 11.2. The van der Waals surface area contributed by atoms with Gasteiger partial charge in [-0.15, -0.1) is 0 Å². The molecule has 0 aliphatic carbocycles. The summed E-state index contributed by atoms with van der Waals surface area (Å²) in [6, 6.07) is 1.59. The molecule has 70 valence electrons. The summed E-state index contributed by atoms with van der Waals surface area (Å²) < 4.78 is 25.7. The Labute approximate surface area is 73.2 Å². The average molecular weight is 191 g/mol. The van der Waals surface area contributed by atoms with Crippen molar-refractivity contribution in [3.8, 4) is 6.07 Å². The number of rotatable bonds is 4. The van der Waals surface area contributed by atoms with Crippen LogP contribution in [0.25, 0.3) is 0 Å². The zero-order chi connectivity index (χ0) is 9.78. The largest absolute Gasteiger partial charge is 0.280 e. The maximum absolute atomic E-state index is 11.2. The Balaban J connectivity index is 4.33. The van der Waals surface area contributed by atoms with Crippen LogP contribution in [0.5, 0.6) is 0 Å². The van der Waals surface area contributed by atoms with Crippen molar-refractivity contribution >= 4 is 10.2 Å². The fraction of sp³-hybridized carbons (Fsp3) is 0.833. The van der Waals surface area contributed by atoms with Crippen LogP contribution in [0.15, 0.2) is 0 Å². The summed E-state index contributed by atoms with van der Waals surface area (Å²) in [5.41, 5.74) is 0. The summed E-state index contributed by atoms with van der Waals surface area (Å²) in [5.74, 6) is 0. The number of hydrogen-bond acceptors (Lipinski definition) is 3. The van der Waals surface area contributed by atoms with Crippen molar-refractivity contribution < 1.29 is 8.42 Å². The highest BCUT2D eigenvalue weighted by atomic mass is 32.2. The topological polar surface area (TPSA) is 73.2 Å². The molecule has 0 heterocycles. The molecule has 0 saturated carbocycles. The van der Waals surface area contributed by atoms with Crippen molar-refractivity contribution in [1.82, 2.24) is 9.03 Å². The minimum atomic E-state index is -3.46. The lowest BCUT2D eigenvalue weighted by Crippen LogP contribution is -2.41. The van der Waals surface area contributed by atoms with E-state index in [2.05, 4.69) is 4.72 Å². The fourth-order valence-corrected chi connectivity index (χ4v) is 1.51. The molecular formula is C6H13N3O2S. The molecule has 0 aromatic heterocycles. The molecule has 0 atom stereocenters. The number of nitrogens with zero attached hydrogens (tertiary/aromatic N) is 2. The quantitative estimate of drug-likeness (QED) is 0.619. The molecule has 0 amide bonds. The molecule has 0 aromatic rings. The predicted octanol–water partition coefficient (Wildman–Crippen LogP) is -0.315. The molecule has 0 aromatic carbocycles. The van der Waals surface area contributed by atoms with Gasteiger partial charge >= 0.3 is 0 Å². The van der Waals surface area contributed by atoms with E-state index in [0.29, 0.717) is 0 Å². The second-order valence-electron chi connectivity index (χ2n) is 2.59. The van der Waals surface area contributed by atoms with E-state index in [4.69, 9.17) is 5.26 Å². The summed E-state index contributed by atoms with van der Waals surface area (Å²) in [7, 11) is -2.00. The first kappa shape index (κ1) is 11.4. The highest BCUT2D eigenvalue weighted by Gasteiger charge is 2.18. The lowest BCUT2D eigenvalue weighted by molar-refractivity contribution is 0.404. The van der Waals surface area contributed by atoms with Crippen LogP contribution in [0, 0.1) is 11.3 Å². The van der Waals surface area contributed by atoms with Crippen molar-refractivity contribution in [2.45, 2.75) is 19.9 Å². The smallest absolute Gasteiger partial charge is 0.197 e. The van der Waals surface area contributed by atoms with Crippen LogP contribution in [0.2, 0.25) is 0 Å². The van der Waals surface area contributed by atoms with Gasteiger partial charge in [0, 0.05) is 13.1 Å². The van der Waals surface area contributed by atoms with E-state index in [1.807, 2.05) is 0 Å². The zero-order valence-electron chi connectivity index (χ0n) is 7.40. The van der Waals surface area contributed by atoms with Gasteiger partial charge in [0.25, 0.3) is 10.2 Å². The molecule has 0 spiro atoms. The van der Waals surface area contributed by atoms with Crippen LogP contribution in [-0.4, -0.2) is 32.4 Å². The van der Waals surface area contributed by atoms with E-state index < -0.39 is 10.2 Å². The molecule has 0 radical (unpaired) electrons. The predicted molar refractivity (Wildman–Crippen MR) is 45.4 cm³/mol. The van der Waals surface area contributed by atoms with Crippen LogP contribution >= 0.6 is 0 Å². The van der Waals surface area contributed by atoms with Gasteiger partial charge in [-0.2, -0.15) is 22.7 Å². The van der Waals surface area contributed by atoms with Gasteiger partial charge in [0.2, 0.25) is 0 Å². The van der Waals surface area contributed by atoms with E-state index in [9.17, 15) is 8.42 Å². The molecule has 12 heavy (non-hydrogen) atoms. The SMILES string of the molecule is CC(C)N(C)S(=O)(=O)NCC#N. The summed E-state index contributed by atoms with van der Waals surface area (Å²) in [6.45, 7) is 3.32. The van der Waals surface area contributed by atoms with Gasteiger partial charge in [0.1, 0.15) is 0 Å². The first-order chi connectivity index (χ1) is 5.41. The minimum absolute atomic E-state index is 0.110. The van der Waals surface area contributed by atoms with Crippen LogP contribution < -0.4 is 4.72 Å². The van der Waals surface area contributed by atoms with Crippen molar-refractivity contribution in [3.63, 3.8) is 0 Å². The van der Waals surface area contributed by atoms with E-state index >= 15 is 0 Å². The lowest BCUT2D eigenvalue weighted by atomic mass is 10.4. The van der Waals surface area contributed by atoms with Crippen molar-refractivity contribution in [2.24, 2.45) is 0 Å². The second kappa shape index (κ2) is 4.40. The van der Waals surface area contributed by atoms with Gasteiger partial charge in [-0.1, -0.05) is 0 Å². The first-order valence-electron chi connectivity index (χ1n) is 3.51. The molecular weight excluding hydrogens is 178 g/mol. The second-order valence-corrected chi connectivity index (χ2v) is 4.41. The molecule has 0 saturated heterocycles. The number of nitrogens with one attached hydrogen (secondary N) is 1. The fourth-order valence-electron chi connectivity index (χ4n) is 0.503. The molecule has 6 heteroatoms. The molecule has 0 fully saturated rings. The first-order valence-corrected chi connectivity index (χ1v) is 4.95. The minimum Gasteiger partial charge on any atom is -0.197 e. The summed E-state index contributed by atoms with van der Waals surface area (Å²) in [6.07, 6.45) is 0. The zero-order valence-corrected chi connectivity index (χ0v) is 8.22. The van der Waals surface area contributed by atoms with Gasteiger partial charge in [-0.05, 0) is 13.8 Å². The van der Waals surface area contributed by atoms with Crippen LogP contribution in [0.1, 0.15) is 13.8 Å². The highest BCUT2D eigenvalue weighted by molar-refractivity contribution is 7.87. The van der Waals surface area contributed by atoms with Gasteiger partial charge in [-0.3, -0.25) is 0 Å². The van der Waals surface area contributed by atoms with Crippen molar-refractivity contribution in [1.29, 1.82) is 5.26 Å². The normalized spacial score (nSPS) is 12.0. The molecule has 0 rings (SSSR count). The van der Waals surface area contributed by atoms with E-state index in [0.717, 1.165) is 0 Å². The molecule has 0 aliphatic rings. The van der Waals surface area contributed by atoms with E-state index in [1.165, 1.54) is 11.4 Å². The van der Waals surface area contributed by atoms with Crippen molar-refractivity contribution in [2.75, 3.05) is 13.6 Å². The van der Waals surface area contributed by atoms with Gasteiger partial charge in [-0.25, -0.2) is 0 Å². The Hall–Kier alpha value is -0.640. The monoisotopic (exact) mass is 191 g/mol. The summed E-state index contributed by atoms with van der Waals surface area (Å²) in [5, 5.41) is 8.15. The van der Waals surface area contributed by atoms with Gasteiger partial charge < -0.3 is 0 Å². The molecule has 0 bridgehead atoms. The Morgan fingerprint density at radius 3 is 2.42 bits per heavy atom. The third-order valence-corrected chi connectivity index (χ3v) is 3.13. The van der Waals surface area contributed by atoms with E-state index in [-0.39, 0.29) is 12.6 Å². The average Bonchev–Trinajstić information content (AvgIpc) is 1.99. The van der Waals surface area contributed by atoms with Crippen LogP contribution in [0.4, 0.5) is 0 Å². The summed E-state index contributed by atoms with van der Waals surface area (Å²) in [4.78, 5) is 0. The summed E-state index contributed by atoms with van der Waals surface area (Å²) >= 11 is 0. The Morgan fingerprint density at radius 1 is 1.58 bits per heavy atom. The maximum Gasteiger partial charge on any atom is 0.280 e. The number of nitriles is 1. The molecule has 5 nitrogen and oxygen atoms in total. The Morgan fingerprint density at radius 2 is 2.08 bits per heavy atom. The third-order valence-electron chi connectivity index (χ3n) is 1.44. The van der Waals surface area contributed by atoms with Crippen molar-refractivity contribution in [3.05, 3.63) is 0 Å². The van der Waals surface area contributed by atoms with E-state index in [1.54, 1.807) is 19.9 Å². The van der Waals surface area contributed by atoms with Crippen LogP contribution in [-0.2, 0) is 10.2 Å². The number of hydrogen-bond donors (Lipinski definition) is 1. The third kappa shape index (κ3) is 3.17.